The van der Waals surface area contributed by atoms with Crippen molar-refractivity contribution in [2.24, 2.45) is 5.10 Å². The molecule has 20 heavy (non-hydrogen) atoms. The molecule has 1 saturated carbocycles. The number of hydrazone groups is 1. The zero-order chi connectivity index (χ0) is 14.4. The molecule has 108 valence electrons. The second kappa shape index (κ2) is 7.43. The average molecular weight is 339 g/mol. The molecule has 0 saturated heterocycles. The molecule has 0 radical (unpaired) electrons. The fraction of sp³-hybridized carbons (Fsp3) is 0.467. The van der Waals surface area contributed by atoms with Crippen LogP contribution in [0.3, 0.4) is 0 Å². The summed E-state index contributed by atoms with van der Waals surface area (Å²) < 4.78 is 6.47. The van der Waals surface area contributed by atoms with Gasteiger partial charge in [0, 0.05) is 10.2 Å². The van der Waals surface area contributed by atoms with Gasteiger partial charge in [-0.2, -0.15) is 5.10 Å². The summed E-state index contributed by atoms with van der Waals surface area (Å²) in [7, 11) is 0. The number of nitrogens with one attached hydrogen (secondary N) is 1. The van der Waals surface area contributed by atoms with E-state index in [-0.39, 0.29) is 12.5 Å². The number of aryl methyl sites for hydroxylation is 1. The Kier molecular flexibility index (Phi) is 5.59. The van der Waals surface area contributed by atoms with E-state index < -0.39 is 0 Å². The highest BCUT2D eigenvalue weighted by molar-refractivity contribution is 9.10. The topological polar surface area (TPSA) is 50.7 Å². The molecule has 4 nitrogen and oxygen atoms in total. The quantitative estimate of drug-likeness (QED) is 0.853. The molecule has 1 aromatic rings. The summed E-state index contributed by atoms with van der Waals surface area (Å²) in [5.74, 6) is 0.467. The first-order valence-corrected chi connectivity index (χ1v) is 7.67. The predicted molar refractivity (Wildman–Crippen MR) is 83.0 cm³/mol. The molecule has 0 spiro atoms. The van der Waals surface area contributed by atoms with Crippen molar-refractivity contribution >= 4 is 27.5 Å². The lowest BCUT2D eigenvalue weighted by atomic mass is 9.99. The van der Waals surface area contributed by atoms with E-state index in [4.69, 9.17) is 4.74 Å². The molecular weight excluding hydrogens is 320 g/mol. The van der Waals surface area contributed by atoms with Crippen LogP contribution < -0.4 is 10.2 Å². The summed E-state index contributed by atoms with van der Waals surface area (Å²) in [4.78, 5) is 11.7. The molecule has 2 rings (SSSR count). The number of nitrogens with zero attached hydrogens (tertiary/aromatic N) is 1. The summed E-state index contributed by atoms with van der Waals surface area (Å²) in [5, 5.41) is 4.16. The Morgan fingerprint density at radius 2 is 2.10 bits per heavy atom. The zero-order valence-electron chi connectivity index (χ0n) is 11.6. The molecule has 1 N–H and O–H groups in total. The highest BCUT2D eigenvalue weighted by Gasteiger charge is 2.08. The fourth-order valence-corrected chi connectivity index (χ4v) is 2.35. The van der Waals surface area contributed by atoms with Crippen molar-refractivity contribution in [2.75, 3.05) is 6.61 Å². The fourth-order valence-electron chi connectivity index (χ4n) is 2.10. The second-order valence-electron chi connectivity index (χ2n) is 4.97. The third-order valence-corrected chi connectivity index (χ3v) is 4.16. The van der Waals surface area contributed by atoms with Gasteiger partial charge in [-0.05, 0) is 56.4 Å². The van der Waals surface area contributed by atoms with Crippen molar-refractivity contribution in [3.63, 3.8) is 0 Å². The van der Waals surface area contributed by atoms with Crippen molar-refractivity contribution in [3.05, 3.63) is 28.2 Å². The SMILES string of the molecule is Cc1cc(OCC(=O)NN=C2CCCCC2)ccc1Br. The van der Waals surface area contributed by atoms with Crippen LogP contribution in [0.1, 0.15) is 37.7 Å². The number of halogens is 1. The van der Waals surface area contributed by atoms with Crippen LogP contribution in [0.25, 0.3) is 0 Å². The minimum Gasteiger partial charge on any atom is -0.484 e. The Balaban J connectivity index is 1.78. The number of hydrogen-bond acceptors (Lipinski definition) is 3. The molecule has 5 heteroatoms. The molecular formula is C15H19BrN2O2. The number of rotatable bonds is 4. The number of hydrogen-bond donors (Lipinski definition) is 1. The lowest BCUT2D eigenvalue weighted by Crippen LogP contribution is -2.26. The molecule has 1 aliphatic carbocycles. The Hall–Kier alpha value is -1.36. The highest BCUT2D eigenvalue weighted by atomic mass is 79.9. The largest absolute Gasteiger partial charge is 0.484 e. The minimum atomic E-state index is -0.219. The van der Waals surface area contributed by atoms with Crippen LogP contribution in [-0.4, -0.2) is 18.2 Å². The van der Waals surface area contributed by atoms with Gasteiger partial charge in [-0.3, -0.25) is 4.79 Å². The van der Waals surface area contributed by atoms with Crippen LogP contribution in [0.5, 0.6) is 5.75 Å². The molecule has 0 unspecified atom stereocenters. The third-order valence-electron chi connectivity index (χ3n) is 3.27. The maximum Gasteiger partial charge on any atom is 0.277 e. The molecule has 0 atom stereocenters. The van der Waals surface area contributed by atoms with Gasteiger partial charge in [0.2, 0.25) is 0 Å². The molecule has 0 aromatic heterocycles. The van der Waals surface area contributed by atoms with E-state index in [0.717, 1.165) is 28.6 Å². The summed E-state index contributed by atoms with van der Waals surface area (Å²) >= 11 is 3.43. The Bertz CT molecular complexity index is 507. The lowest BCUT2D eigenvalue weighted by Gasteiger charge is -2.12. The number of amides is 1. The summed E-state index contributed by atoms with van der Waals surface area (Å²) in [6.07, 6.45) is 5.59. The normalized spacial score (nSPS) is 14.8. The van der Waals surface area contributed by atoms with E-state index >= 15 is 0 Å². The van der Waals surface area contributed by atoms with Gasteiger partial charge >= 0.3 is 0 Å². The maximum atomic E-state index is 11.7. The third kappa shape index (κ3) is 4.63. The minimum absolute atomic E-state index is 0.0160. The van der Waals surface area contributed by atoms with Crippen molar-refractivity contribution in [1.29, 1.82) is 0 Å². The standard InChI is InChI=1S/C15H19BrN2O2/c1-11-9-13(7-8-14(11)16)20-10-15(19)18-17-12-5-3-2-4-6-12/h7-9H,2-6,10H2,1H3,(H,18,19). The first-order valence-electron chi connectivity index (χ1n) is 6.88. The number of carbonyl (C=O) groups excluding carboxylic acids is 1. The van der Waals surface area contributed by atoms with Crippen molar-refractivity contribution in [2.45, 2.75) is 39.0 Å². The molecule has 0 bridgehead atoms. The number of benzene rings is 1. The van der Waals surface area contributed by atoms with E-state index in [1.54, 1.807) is 0 Å². The van der Waals surface area contributed by atoms with Crippen molar-refractivity contribution in [1.82, 2.24) is 5.43 Å². The van der Waals surface area contributed by atoms with Crippen LogP contribution in [0.15, 0.2) is 27.8 Å². The Labute approximate surface area is 127 Å². The summed E-state index contributed by atoms with van der Waals surface area (Å²) in [6.45, 7) is 1.96. The average Bonchev–Trinajstić information content (AvgIpc) is 2.47. The van der Waals surface area contributed by atoms with Gasteiger partial charge < -0.3 is 4.74 Å². The van der Waals surface area contributed by atoms with Crippen molar-refractivity contribution < 1.29 is 9.53 Å². The maximum absolute atomic E-state index is 11.7. The van der Waals surface area contributed by atoms with Crippen LogP contribution in [-0.2, 0) is 4.79 Å². The first-order chi connectivity index (χ1) is 9.65. The van der Waals surface area contributed by atoms with Gasteiger partial charge in [-0.15, -0.1) is 0 Å². The van der Waals surface area contributed by atoms with E-state index in [2.05, 4.69) is 26.5 Å². The monoisotopic (exact) mass is 338 g/mol. The Morgan fingerprint density at radius 1 is 1.35 bits per heavy atom. The van der Waals surface area contributed by atoms with Gasteiger partial charge in [-0.1, -0.05) is 22.4 Å². The van der Waals surface area contributed by atoms with Gasteiger partial charge in [-0.25, -0.2) is 5.43 Å². The molecule has 1 fully saturated rings. The highest BCUT2D eigenvalue weighted by Crippen LogP contribution is 2.21. The molecule has 0 aliphatic heterocycles. The smallest absolute Gasteiger partial charge is 0.277 e. The Morgan fingerprint density at radius 3 is 2.80 bits per heavy atom. The van der Waals surface area contributed by atoms with Gasteiger partial charge in [0.15, 0.2) is 6.61 Å². The van der Waals surface area contributed by atoms with Crippen LogP contribution in [0, 0.1) is 6.92 Å². The molecule has 1 aliphatic rings. The van der Waals surface area contributed by atoms with E-state index in [9.17, 15) is 4.79 Å². The molecule has 1 aromatic carbocycles. The summed E-state index contributed by atoms with van der Waals surface area (Å²) in [6, 6.07) is 5.63. The van der Waals surface area contributed by atoms with Crippen LogP contribution in [0.2, 0.25) is 0 Å². The van der Waals surface area contributed by atoms with E-state index in [0.29, 0.717) is 5.75 Å². The van der Waals surface area contributed by atoms with Gasteiger partial charge in [0.25, 0.3) is 5.91 Å². The predicted octanol–water partition coefficient (Wildman–Crippen LogP) is 3.57. The lowest BCUT2D eigenvalue weighted by molar-refractivity contribution is -0.123. The number of carbonyl (C=O) groups is 1. The molecule has 0 heterocycles. The second-order valence-corrected chi connectivity index (χ2v) is 5.83. The van der Waals surface area contributed by atoms with Gasteiger partial charge in [0.1, 0.15) is 5.75 Å². The van der Waals surface area contributed by atoms with Gasteiger partial charge in [0.05, 0.1) is 0 Å². The zero-order valence-corrected chi connectivity index (χ0v) is 13.2. The van der Waals surface area contributed by atoms with Crippen LogP contribution in [0.4, 0.5) is 0 Å². The van der Waals surface area contributed by atoms with Crippen molar-refractivity contribution in [3.8, 4) is 5.75 Å². The summed E-state index contributed by atoms with van der Waals surface area (Å²) in [5.41, 5.74) is 4.72. The molecule has 1 amide bonds. The van der Waals surface area contributed by atoms with E-state index in [1.807, 2.05) is 25.1 Å². The van der Waals surface area contributed by atoms with Crippen LogP contribution >= 0.6 is 15.9 Å². The van der Waals surface area contributed by atoms with E-state index in [1.165, 1.54) is 19.3 Å². The number of ether oxygens (including phenoxy) is 1. The first kappa shape index (κ1) is 15.0.